The zero-order valence-electron chi connectivity index (χ0n) is 19.3. The van der Waals surface area contributed by atoms with Crippen LogP contribution in [0.25, 0.3) is 17.1 Å². The molecule has 0 aliphatic rings. The lowest BCUT2D eigenvalue weighted by Gasteiger charge is -2.11. The Balaban J connectivity index is 1.49. The van der Waals surface area contributed by atoms with Crippen LogP contribution in [0.15, 0.2) is 83.3 Å². The average molecular weight is 489 g/mol. The molecule has 0 radical (unpaired) electrons. The van der Waals surface area contributed by atoms with Crippen LogP contribution in [0, 0.1) is 0 Å². The summed E-state index contributed by atoms with van der Waals surface area (Å²) in [5.74, 6) is 1.96. The highest BCUT2D eigenvalue weighted by atomic mass is 32.2. The van der Waals surface area contributed by atoms with Crippen LogP contribution in [0.1, 0.15) is 12.5 Å². The molecule has 1 amide bonds. The molecule has 0 fully saturated rings. The van der Waals surface area contributed by atoms with Crippen molar-refractivity contribution in [3.63, 3.8) is 0 Å². The van der Waals surface area contributed by atoms with Gasteiger partial charge in [0.1, 0.15) is 11.5 Å². The fourth-order valence-corrected chi connectivity index (χ4v) is 3.94. The number of pyridine rings is 1. The van der Waals surface area contributed by atoms with Crippen LogP contribution >= 0.6 is 11.8 Å². The monoisotopic (exact) mass is 488 g/mol. The number of hydrogen-bond acceptors (Lipinski definition) is 8. The van der Waals surface area contributed by atoms with Crippen molar-refractivity contribution in [1.29, 1.82) is 0 Å². The summed E-state index contributed by atoms with van der Waals surface area (Å²) in [7, 11) is 1.60. The summed E-state index contributed by atoms with van der Waals surface area (Å²) in [6, 6.07) is 18.8. The first-order valence-electron chi connectivity index (χ1n) is 10.9. The Morgan fingerprint density at radius 1 is 1.11 bits per heavy atom. The molecule has 1 N–H and O–H groups in total. The molecule has 10 heteroatoms. The summed E-state index contributed by atoms with van der Waals surface area (Å²) >= 11 is 1.26. The Morgan fingerprint density at radius 3 is 2.71 bits per heavy atom. The average Bonchev–Trinajstić information content (AvgIpc) is 3.33. The van der Waals surface area contributed by atoms with Crippen molar-refractivity contribution in [1.82, 2.24) is 25.2 Å². The number of carbonyl (C=O) groups excluding carboxylic acids is 1. The molecule has 0 saturated carbocycles. The minimum absolute atomic E-state index is 0.109. The van der Waals surface area contributed by atoms with Gasteiger partial charge in [-0.2, -0.15) is 5.10 Å². The smallest absolute Gasteiger partial charge is 0.250 e. The molecule has 35 heavy (non-hydrogen) atoms. The lowest BCUT2D eigenvalue weighted by atomic mass is 10.2. The van der Waals surface area contributed by atoms with E-state index in [1.165, 1.54) is 11.8 Å². The van der Waals surface area contributed by atoms with Crippen LogP contribution in [0.2, 0.25) is 0 Å². The molecular weight excluding hydrogens is 464 g/mol. The summed E-state index contributed by atoms with van der Waals surface area (Å²) in [6.45, 7) is 2.53. The molecule has 0 saturated heterocycles. The van der Waals surface area contributed by atoms with Gasteiger partial charge in [0.25, 0.3) is 5.91 Å². The number of nitrogens with zero attached hydrogens (tertiary/aromatic N) is 5. The lowest BCUT2D eigenvalue weighted by Crippen LogP contribution is -2.20. The van der Waals surface area contributed by atoms with Crippen molar-refractivity contribution in [2.75, 3.05) is 19.5 Å². The molecule has 4 aromatic rings. The Hall–Kier alpha value is -4.18. The van der Waals surface area contributed by atoms with E-state index in [9.17, 15) is 4.79 Å². The number of rotatable bonds is 10. The molecule has 0 bridgehead atoms. The van der Waals surface area contributed by atoms with Crippen LogP contribution < -0.4 is 14.9 Å². The zero-order valence-corrected chi connectivity index (χ0v) is 20.1. The number of amides is 1. The highest BCUT2D eigenvalue weighted by Crippen LogP contribution is 2.28. The van der Waals surface area contributed by atoms with E-state index in [1.807, 2.05) is 72.2 Å². The third kappa shape index (κ3) is 6.24. The normalized spacial score (nSPS) is 10.9. The van der Waals surface area contributed by atoms with Crippen molar-refractivity contribution in [3.8, 4) is 28.6 Å². The van der Waals surface area contributed by atoms with Gasteiger partial charge < -0.3 is 9.47 Å². The topological polar surface area (TPSA) is 104 Å². The second kappa shape index (κ2) is 11.8. The van der Waals surface area contributed by atoms with Crippen LogP contribution in [0.4, 0.5) is 0 Å². The number of aromatic nitrogens is 4. The predicted octanol–water partition coefficient (Wildman–Crippen LogP) is 3.98. The first-order valence-corrected chi connectivity index (χ1v) is 11.8. The second-order valence-electron chi connectivity index (χ2n) is 7.17. The van der Waals surface area contributed by atoms with E-state index in [0.29, 0.717) is 23.3 Å². The minimum Gasteiger partial charge on any atom is -0.497 e. The Morgan fingerprint density at radius 2 is 1.97 bits per heavy atom. The number of benzene rings is 2. The molecule has 0 aliphatic carbocycles. The maximum absolute atomic E-state index is 12.4. The van der Waals surface area contributed by atoms with E-state index in [2.05, 4.69) is 25.7 Å². The van der Waals surface area contributed by atoms with Gasteiger partial charge in [-0.15, -0.1) is 10.2 Å². The highest BCUT2D eigenvalue weighted by Gasteiger charge is 2.17. The van der Waals surface area contributed by atoms with Gasteiger partial charge in [-0.1, -0.05) is 23.9 Å². The summed E-state index contributed by atoms with van der Waals surface area (Å²) in [5, 5.41) is 13.3. The molecule has 4 rings (SSSR count). The molecule has 0 spiro atoms. The fourth-order valence-electron chi connectivity index (χ4n) is 3.20. The maximum Gasteiger partial charge on any atom is 0.250 e. The Labute approximate surface area is 207 Å². The van der Waals surface area contributed by atoms with Crippen molar-refractivity contribution in [2.45, 2.75) is 12.1 Å². The molecular formula is C25H24N6O3S. The summed E-state index contributed by atoms with van der Waals surface area (Å²) in [4.78, 5) is 16.6. The van der Waals surface area contributed by atoms with E-state index in [1.54, 1.807) is 25.7 Å². The molecule has 0 atom stereocenters. The maximum atomic E-state index is 12.4. The predicted molar refractivity (Wildman–Crippen MR) is 135 cm³/mol. The zero-order chi connectivity index (χ0) is 24.5. The van der Waals surface area contributed by atoms with E-state index < -0.39 is 0 Å². The van der Waals surface area contributed by atoms with Gasteiger partial charge in [0, 0.05) is 23.6 Å². The number of ether oxygens (including phenoxy) is 2. The van der Waals surface area contributed by atoms with Gasteiger partial charge in [-0.3, -0.25) is 14.3 Å². The van der Waals surface area contributed by atoms with E-state index >= 15 is 0 Å². The molecule has 178 valence electrons. The first kappa shape index (κ1) is 24.0. The van der Waals surface area contributed by atoms with Crippen molar-refractivity contribution < 1.29 is 14.3 Å². The largest absolute Gasteiger partial charge is 0.497 e. The van der Waals surface area contributed by atoms with Crippen molar-refractivity contribution in [3.05, 3.63) is 78.6 Å². The van der Waals surface area contributed by atoms with Gasteiger partial charge >= 0.3 is 0 Å². The van der Waals surface area contributed by atoms with Gasteiger partial charge in [0.2, 0.25) is 0 Å². The quantitative estimate of drug-likeness (QED) is 0.205. The number of nitrogens with one attached hydrogen (secondary N) is 1. The highest BCUT2D eigenvalue weighted by molar-refractivity contribution is 7.99. The number of methoxy groups -OCH3 is 1. The Kier molecular flexibility index (Phi) is 8.08. The second-order valence-corrected chi connectivity index (χ2v) is 8.11. The fraction of sp³-hybridized carbons (Fsp3) is 0.160. The molecule has 2 aromatic heterocycles. The summed E-state index contributed by atoms with van der Waals surface area (Å²) in [5.41, 5.74) is 5.01. The first-order chi connectivity index (χ1) is 17.2. The van der Waals surface area contributed by atoms with Crippen LogP contribution in [-0.2, 0) is 4.79 Å². The molecule has 2 aromatic carbocycles. The molecule has 0 aliphatic heterocycles. The number of hydrazone groups is 1. The molecule has 0 unspecified atom stereocenters. The van der Waals surface area contributed by atoms with Crippen molar-refractivity contribution >= 4 is 23.9 Å². The van der Waals surface area contributed by atoms with E-state index in [4.69, 9.17) is 9.47 Å². The summed E-state index contributed by atoms with van der Waals surface area (Å²) in [6.07, 6.45) is 4.99. The third-order valence-corrected chi connectivity index (χ3v) is 5.72. The van der Waals surface area contributed by atoms with Crippen LogP contribution in [0.5, 0.6) is 11.5 Å². The lowest BCUT2D eigenvalue weighted by molar-refractivity contribution is -0.118. The van der Waals surface area contributed by atoms with Gasteiger partial charge in [-0.05, 0) is 61.0 Å². The van der Waals surface area contributed by atoms with Crippen LogP contribution in [-0.4, -0.2) is 51.3 Å². The van der Waals surface area contributed by atoms with E-state index in [-0.39, 0.29) is 11.7 Å². The SMILES string of the molecule is CCOc1ccc(-n2c(SCC(=O)N/N=C\c3cccc(OC)c3)nnc2-c2cccnc2)cc1. The number of carbonyl (C=O) groups is 1. The minimum atomic E-state index is -0.265. The van der Waals surface area contributed by atoms with Gasteiger partial charge in [0.15, 0.2) is 11.0 Å². The van der Waals surface area contributed by atoms with E-state index in [0.717, 1.165) is 22.6 Å². The van der Waals surface area contributed by atoms with Gasteiger partial charge in [-0.25, -0.2) is 5.43 Å². The molecule has 2 heterocycles. The summed E-state index contributed by atoms with van der Waals surface area (Å²) < 4.78 is 12.6. The number of hydrogen-bond donors (Lipinski definition) is 1. The standard InChI is InChI=1S/C25H24N6O3S/c1-3-34-21-11-9-20(10-12-21)31-24(19-7-5-13-26-16-19)29-30-25(31)35-17-23(32)28-27-15-18-6-4-8-22(14-18)33-2/h4-16H,3,17H2,1-2H3,(H,28,32)/b27-15-. The van der Waals surface area contributed by atoms with Crippen molar-refractivity contribution in [2.24, 2.45) is 5.10 Å². The van der Waals surface area contributed by atoms with Crippen LogP contribution in [0.3, 0.4) is 0 Å². The third-order valence-electron chi connectivity index (χ3n) is 4.79. The number of thioether (sulfide) groups is 1. The van der Waals surface area contributed by atoms with Gasteiger partial charge in [0.05, 0.1) is 25.7 Å². The Bertz CT molecular complexity index is 1290. The molecule has 9 nitrogen and oxygen atoms in total.